The van der Waals surface area contributed by atoms with Crippen LogP contribution in [0, 0.1) is 0 Å². The number of unbranched alkanes of at least 4 members (excludes halogenated alkanes) is 20. The van der Waals surface area contributed by atoms with E-state index in [4.69, 9.17) is 23.6 Å². The van der Waals surface area contributed by atoms with Crippen molar-refractivity contribution < 1.29 is 43.0 Å². The van der Waals surface area contributed by atoms with Gasteiger partial charge in [-0.05, 0) is 89.9 Å². The average Bonchev–Trinajstić information content (AvgIpc) is 3.29. The van der Waals surface area contributed by atoms with Gasteiger partial charge in [-0.15, -0.1) is 0 Å². The summed E-state index contributed by atoms with van der Waals surface area (Å²) in [6.07, 6.45) is 62.6. The Hall–Kier alpha value is -2.36. The van der Waals surface area contributed by atoms with E-state index in [2.05, 4.69) is 98.9 Å². The van der Waals surface area contributed by atoms with Crippen molar-refractivity contribution in [2.45, 2.75) is 219 Å². The molecule has 0 bridgehead atoms. The van der Waals surface area contributed by atoms with Crippen LogP contribution >= 0.6 is 7.82 Å². The number of ether oxygens (including phenoxy) is 2. The number of allylic oxidation sites excluding steroid dienone is 14. The lowest BCUT2D eigenvalue weighted by Crippen LogP contribution is -2.29. The lowest BCUT2D eigenvalue weighted by molar-refractivity contribution is -0.154. The number of carbonyl (C=O) groups excluding carboxylic acids is 1. The van der Waals surface area contributed by atoms with Crippen molar-refractivity contribution in [3.63, 3.8) is 0 Å². The Morgan fingerprint density at radius 3 is 1.34 bits per heavy atom. The molecule has 3 unspecified atom stereocenters. The minimum Gasteiger partial charge on any atom is -0.457 e. The Morgan fingerprint density at radius 2 is 0.891 bits per heavy atom. The standard InChI is InChI=1S/C54H95O9P/c1-3-5-7-9-11-13-15-17-19-21-23-24-25-26-27-29-31-33-35-37-39-41-43-45-47-60-50-53(51-62-64(58,59)61-49-52(56)48-55)63-54(57)46-44-42-40-38-36-34-32-30-28-22-20-18-16-14-12-10-8-6-4-2/h6,8,12,14-15,17-18,20-21,23,25-26,28,30,52-53,55-56H,3-5,7,9-11,13,16,19,22,24,27,29,31-51H2,1-2H3,(H,58,59)/b8-6-,14-12-,17-15-,20-18-,23-21-,26-25-,30-28-. The highest BCUT2D eigenvalue weighted by molar-refractivity contribution is 7.47. The zero-order valence-corrected chi connectivity index (χ0v) is 41.6. The largest absolute Gasteiger partial charge is 0.472 e. The third-order valence-corrected chi connectivity index (χ3v) is 11.5. The molecule has 3 atom stereocenters. The van der Waals surface area contributed by atoms with Crippen LogP contribution in [0.4, 0.5) is 0 Å². The van der Waals surface area contributed by atoms with E-state index in [9.17, 15) is 19.4 Å². The normalized spacial score (nSPS) is 14.5. The van der Waals surface area contributed by atoms with E-state index in [0.717, 1.165) is 103 Å². The fourth-order valence-electron chi connectivity index (χ4n) is 6.71. The van der Waals surface area contributed by atoms with E-state index in [1.54, 1.807) is 0 Å². The van der Waals surface area contributed by atoms with Crippen LogP contribution in [0.5, 0.6) is 0 Å². The van der Waals surface area contributed by atoms with Gasteiger partial charge in [0.25, 0.3) is 0 Å². The van der Waals surface area contributed by atoms with Gasteiger partial charge < -0.3 is 24.6 Å². The molecule has 0 aromatic carbocycles. The Bertz CT molecular complexity index is 1270. The lowest BCUT2D eigenvalue weighted by Gasteiger charge is -2.20. The van der Waals surface area contributed by atoms with Gasteiger partial charge in [0, 0.05) is 13.0 Å². The van der Waals surface area contributed by atoms with Crippen LogP contribution in [0.3, 0.4) is 0 Å². The summed E-state index contributed by atoms with van der Waals surface area (Å²) < 4.78 is 33.5. The second kappa shape index (κ2) is 50.1. The molecule has 0 aliphatic rings. The highest BCUT2D eigenvalue weighted by Crippen LogP contribution is 2.43. The van der Waals surface area contributed by atoms with Crippen molar-refractivity contribution in [3.8, 4) is 0 Å². The summed E-state index contributed by atoms with van der Waals surface area (Å²) in [5.74, 6) is -0.400. The first-order valence-electron chi connectivity index (χ1n) is 25.6. The number of hydrogen-bond acceptors (Lipinski definition) is 8. The molecule has 0 heterocycles. The van der Waals surface area contributed by atoms with Crippen molar-refractivity contribution in [2.75, 3.05) is 33.0 Å². The summed E-state index contributed by atoms with van der Waals surface area (Å²) >= 11 is 0. The Kier molecular flexibility index (Phi) is 48.2. The van der Waals surface area contributed by atoms with E-state index < -0.39 is 39.2 Å². The van der Waals surface area contributed by atoms with Crippen LogP contribution in [-0.2, 0) is 27.9 Å². The first kappa shape index (κ1) is 61.6. The van der Waals surface area contributed by atoms with Crippen LogP contribution in [0.2, 0.25) is 0 Å². The van der Waals surface area contributed by atoms with E-state index in [1.807, 2.05) is 0 Å². The summed E-state index contributed by atoms with van der Waals surface area (Å²) in [4.78, 5) is 22.7. The van der Waals surface area contributed by atoms with Crippen molar-refractivity contribution >= 4 is 13.8 Å². The number of hydrogen-bond donors (Lipinski definition) is 3. The van der Waals surface area contributed by atoms with Gasteiger partial charge in [0.2, 0.25) is 0 Å². The second-order valence-corrected chi connectivity index (χ2v) is 18.3. The minimum absolute atomic E-state index is 0.0348. The number of carbonyl (C=O) groups is 1. The molecule has 0 saturated carbocycles. The van der Waals surface area contributed by atoms with Gasteiger partial charge in [0.15, 0.2) is 0 Å². The van der Waals surface area contributed by atoms with Crippen molar-refractivity contribution in [1.82, 2.24) is 0 Å². The average molecular weight is 919 g/mol. The molecule has 0 aromatic heterocycles. The monoisotopic (exact) mass is 919 g/mol. The Labute approximate surface area is 392 Å². The molecule has 0 radical (unpaired) electrons. The number of aliphatic hydroxyl groups is 2. The van der Waals surface area contributed by atoms with E-state index >= 15 is 0 Å². The predicted octanol–water partition coefficient (Wildman–Crippen LogP) is 15.0. The quantitative estimate of drug-likeness (QED) is 0.0236. The highest BCUT2D eigenvalue weighted by Gasteiger charge is 2.26. The van der Waals surface area contributed by atoms with Gasteiger partial charge in [-0.2, -0.15) is 0 Å². The van der Waals surface area contributed by atoms with Crippen LogP contribution < -0.4 is 0 Å². The van der Waals surface area contributed by atoms with Gasteiger partial charge in [0.1, 0.15) is 12.2 Å². The van der Waals surface area contributed by atoms with Crippen LogP contribution in [0.25, 0.3) is 0 Å². The second-order valence-electron chi connectivity index (χ2n) is 16.8. The smallest absolute Gasteiger partial charge is 0.457 e. The maximum atomic E-state index is 12.7. The molecule has 64 heavy (non-hydrogen) atoms. The number of phosphoric ester groups is 1. The summed E-state index contributed by atoms with van der Waals surface area (Å²) in [5, 5.41) is 18.4. The topological polar surface area (TPSA) is 132 Å². The van der Waals surface area contributed by atoms with E-state index in [0.29, 0.717) is 13.0 Å². The number of esters is 1. The summed E-state index contributed by atoms with van der Waals surface area (Å²) in [5.41, 5.74) is 0. The third-order valence-electron chi connectivity index (χ3n) is 10.6. The highest BCUT2D eigenvalue weighted by atomic mass is 31.2. The first-order valence-corrected chi connectivity index (χ1v) is 27.1. The molecular formula is C54H95O9P. The molecule has 0 spiro atoms. The van der Waals surface area contributed by atoms with E-state index in [1.165, 1.54) is 77.0 Å². The maximum absolute atomic E-state index is 12.7. The molecule has 3 N–H and O–H groups in total. The molecule has 0 aliphatic heterocycles. The molecule has 0 saturated heterocycles. The number of aliphatic hydroxyl groups excluding tert-OH is 2. The zero-order chi connectivity index (χ0) is 46.7. The fourth-order valence-corrected chi connectivity index (χ4v) is 7.50. The van der Waals surface area contributed by atoms with Crippen molar-refractivity contribution in [3.05, 3.63) is 85.1 Å². The molecule has 0 rings (SSSR count). The fraction of sp³-hybridized carbons (Fsp3) is 0.722. The minimum atomic E-state index is -4.54. The summed E-state index contributed by atoms with van der Waals surface area (Å²) in [6.45, 7) is 3.36. The SMILES string of the molecule is CC/C=C\C/C=C\C/C=C\C/C=C\CCCCCCCCC(=O)OC(COCCCCCCCCCCC/C=C\C/C=C\C/C=C\CCCCCCC)COP(=O)(O)OCC(O)CO. The number of phosphoric acid groups is 1. The van der Waals surface area contributed by atoms with Crippen molar-refractivity contribution in [2.24, 2.45) is 0 Å². The lowest BCUT2D eigenvalue weighted by atomic mass is 10.1. The van der Waals surface area contributed by atoms with Gasteiger partial charge in [-0.1, -0.05) is 195 Å². The van der Waals surface area contributed by atoms with Gasteiger partial charge >= 0.3 is 13.8 Å². The van der Waals surface area contributed by atoms with E-state index in [-0.39, 0.29) is 19.6 Å². The van der Waals surface area contributed by atoms with Crippen molar-refractivity contribution in [1.29, 1.82) is 0 Å². The Balaban J connectivity index is 4.13. The molecule has 0 amide bonds. The van der Waals surface area contributed by atoms with Gasteiger partial charge in [-0.3, -0.25) is 13.8 Å². The Morgan fingerprint density at radius 1 is 0.500 bits per heavy atom. The van der Waals surface area contributed by atoms with Crippen LogP contribution in [0.15, 0.2) is 85.1 Å². The maximum Gasteiger partial charge on any atom is 0.472 e. The summed E-state index contributed by atoms with van der Waals surface area (Å²) in [7, 11) is -4.54. The van der Waals surface area contributed by atoms with Crippen LogP contribution in [-0.4, -0.2) is 66.3 Å². The van der Waals surface area contributed by atoms with Gasteiger partial charge in [0.05, 0.1) is 26.4 Å². The number of rotatable bonds is 48. The molecule has 10 heteroatoms. The molecule has 0 aromatic rings. The van der Waals surface area contributed by atoms with Crippen LogP contribution in [0.1, 0.15) is 206 Å². The molecule has 370 valence electrons. The third kappa shape index (κ3) is 49.1. The zero-order valence-electron chi connectivity index (χ0n) is 40.7. The summed E-state index contributed by atoms with van der Waals surface area (Å²) in [6, 6.07) is 0. The first-order chi connectivity index (χ1) is 31.3. The predicted molar refractivity (Wildman–Crippen MR) is 269 cm³/mol. The molecule has 0 fully saturated rings. The molecular weight excluding hydrogens is 824 g/mol. The molecule has 0 aliphatic carbocycles. The molecule has 9 nitrogen and oxygen atoms in total. The van der Waals surface area contributed by atoms with Gasteiger partial charge in [-0.25, -0.2) is 4.57 Å².